The molecule has 0 aromatic heterocycles. The van der Waals surface area contributed by atoms with Crippen LogP contribution in [0.4, 0.5) is 0 Å². The van der Waals surface area contributed by atoms with Crippen molar-refractivity contribution in [1.82, 2.24) is 0 Å². The van der Waals surface area contributed by atoms with Gasteiger partial charge in [0.1, 0.15) is 0 Å². The minimum Gasteiger partial charge on any atom is -0.0620 e. The van der Waals surface area contributed by atoms with Crippen LogP contribution in [-0.4, -0.2) is 0 Å². The normalized spacial score (nSPS) is 21.0. The lowest BCUT2D eigenvalue weighted by Crippen LogP contribution is -2.25. The Balaban J connectivity index is 2.40. The second kappa shape index (κ2) is 3.87. The zero-order valence-electron chi connectivity index (χ0n) is 11.0. The summed E-state index contributed by atoms with van der Waals surface area (Å²) in [7, 11) is 0. The van der Waals surface area contributed by atoms with Gasteiger partial charge in [0.05, 0.1) is 0 Å². The molecule has 84 valence electrons. The molecule has 1 atom stereocenters. The minimum atomic E-state index is 0.473. The molecule has 1 rings (SSSR count). The molecular formula is C14H28. The van der Waals surface area contributed by atoms with Crippen molar-refractivity contribution in [2.75, 3.05) is 0 Å². The van der Waals surface area contributed by atoms with Crippen molar-refractivity contribution in [1.29, 1.82) is 0 Å². The monoisotopic (exact) mass is 196 g/mol. The first-order chi connectivity index (χ1) is 6.21. The van der Waals surface area contributed by atoms with Gasteiger partial charge in [-0.2, -0.15) is 0 Å². The first kappa shape index (κ1) is 12.1. The first-order valence-electron chi connectivity index (χ1n) is 6.21. The van der Waals surface area contributed by atoms with E-state index < -0.39 is 0 Å². The summed E-state index contributed by atoms with van der Waals surface area (Å²) in [5, 5.41) is 0. The van der Waals surface area contributed by atoms with Crippen molar-refractivity contribution < 1.29 is 0 Å². The highest BCUT2D eigenvalue weighted by Crippen LogP contribution is 2.45. The van der Waals surface area contributed by atoms with Crippen LogP contribution < -0.4 is 0 Å². The molecular weight excluding hydrogens is 168 g/mol. The Labute approximate surface area is 90.5 Å². The lowest BCUT2D eigenvalue weighted by Gasteiger charge is -2.35. The molecule has 0 aliphatic heterocycles. The van der Waals surface area contributed by atoms with E-state index in [9.17, 15) is 0 Å². The second-order valence-electron chi connectivity index (χ2n) is 7.28. The smallest absolute Gasteiger partial charge is 0.0349 e. The van der Waals surface area contributed by atoms with Crippen LogP contribution in [0.2, 0.25) is 0 Å². The van der Waals surface area contributed by atoms with Gasteiger partial charge in [0.2, 0.25) is 0 Å². The van der Waals surface area contributed by atoms with E-state index in [2.05, 4.69) is 41.5 Å². The largest absolute Gasteiger partial charge is 0.0620 e. The van der Waals surface area contributed by atoms with E-state index in [1.54, 1.807) is 0 Å². The summed E-state index contributed by atoms with van der Waals surface area (Å²) >= 11 is 0. The molecule has 0 spiro atoms. The van der Waals surface area contributed by atoms with Crippen LogP contribution in [0.15, 0.2) is 0 Å². The van der Waals surface area contributed by atoms with Crippen LogP contribution in [0.1, 0.15) is 67.2 Å². The van der Waals surface area contributed by atoms with Crippen LogP contribution in [0.5, 0.6) is 0 Å². The van der Waals surface area contributed by atoms with Gasteiger partial charge in [0.25, 0.3) is 0 Å². The molecule has 1 aliphatic carbocycles. The molecule has 0 bridgehead atoms. The third-order valence-electron chi connectivity index (χ3n) is 3.88. The van der Waals surface area contributed by atoms with Gasteiger partial charge in [0, 0.05) is 0 Å². The fourth-order valence-electron chi connectivity index (χ4n) is 2.32. The maximum Gasteiger partial charge on any atom is -0.0349 e. The van der Waals surface area contributed by atoms with Crippen LogP contribution in [0.3, 0.4) is 0 Å². The highest BCUT2D eigenvalue weighted by molar-refractivity contribution is 4.84. The van der Waals surface area contributed by atoms with E-state index in [1.165, 1.54) is 25.7 Å². The molecule has 0 heterocycles. The van der Waals surface area contributed by atoms with Crippen molar-refractivity contribution in [3.8, 4) is 0 Å². The molecule has 1 saturated carbocycles. The van der Waals surface area contributed by atoms with Crippen LogP contribution in [0.25, 0.3) is 0 Å². The van der Waals surface area contributed by atoms with E-state index >= 15 is 0 Å². The lowest BCUT2D eigenvalue weighted by molar-refractivity contribution is 0.157. The summed E-state index contributed by atoms with van der Waals surface area (Å²) in [4.78, 5) is 0. The second-order valence-corrected chi connectivity index (χ2v) is 7.28. The Hall–Kier alpha value is 0. The maximum absolute atomic E-state index is 2.45. The molecule has 0 aromatic carbocycles. The average Bonchev–Trinajstić information content (AvgIpc) is 2.66. The highest BCUT2D eigenvalue weighted by Gasteiger charge is 2.33. The molecule has 0 N–H and O–H groups in total. The Morgan fingerprint density at radius 1 is 1.07 bits per heavy atom. The van der Waals surface area contributed by atoms with Gasteiger partial charge in [-0.1, -0.05) is 54.4 Å². The highest BCUT2D eigenvalue weighted by atomic mass is 14.4. The lowest BCUT2D eigenvalue weighted by atomic mass is 9.71. The topological polar surface area (TPSA) is 0 Å². The Morgan fingerprint density at radius 2 is 1.57 bits per heavy atom. The molecule has 1 fully saturated rings. The molecule has 1 aliphatic rings. The van der Waals surface area contributed by atoms with Gasteiger partial charge in [-0.15, -0.1) is 0 Å². The average molecular weight is 196 g/mol. The SMILES string of the molecule is CC(CC(C)(C)CC1CC1)C(C)(C)C. The zero-order chi connectivity index (χ0) is 11.0. The Bertz CT molecular complexity index is 179. The standard InChI is InChI=1S/C14H28/c1-11(13(2,3)4)9-14(5,6)10-12-7-8-12/h11-12H,7-10H2,1-6H3. The molecule has 14 heavy (non-hydrogen) atoms. The van der Waals surface area contributed by atoms with E-state index in [1.807, 2.05) is 0 Å². The van der Waals surface area contributed by atoms with Crippen molar-refractivity contribution in [2.24, 2.45) is 22.7 Å². The summed E-state index contributed by atoms with van der Waals surface area (Å²) in [5.41, 5.74) is 1.04. The summed E-state index contributed by atoms with van der Waals surface area (Å²) in [6, 6.07) is 0. The van der Waals surface area contributed by atoms with E-state index in [0.717, 1.165) is 11.8 Å². The molecule has 0 aromatic rings. The van der Waals surface area contributed by atoms with Crippen LogP contribution in [0, 0.1) is 22.7 Å². The van der Waals surface area contributed by atoms with Gasteiger partial charge in [-0.25, -0.2) is 0 Å². The van der Waals surface area contributed by atoms with Crippen LogP contribution >= 0.6 is 0 Å². The predicted molar refractivity (Wildman–Crippen MR) is 64.4 cm³/mol. The van der Waals surface area contributed by atoms with Gasteiger partial charge in [-0.3, -0.25) is 0 Å². The third kappa shape index (κ3) is 4.02. The maximum atomic E-state index is 2.45. The van der Waals surface area contributed by atoms with Crippen LogP contribution in [-0.2, 0) is 0 Å². The van der Waals surface area contributed by atoms with Gasteiger partial charge in [0.15, 0.2) is 0 Å². The van der Waals surface area contributed by atoms with Crippen molar-refractivity contribution in [2.45, 2.75) is 67.2 Å². The van der Waals surface area contributed by atoms with Crippen molar-refractivity contribution in [3.63, 3.8) is 0 Å². The predicted octanol–water partition coefficient (Wildman–Crippen LogP) is 4.89. The summed E-state index contributed by atoms with van der Waals surface area (Å²) in [5.74, 6) is 1.90. The molecule has 0 amide bonds. The Morgan fingerprint density at radius 3 is 1.93 bits per heavy atom. The Kier molecular flexibility index (Phi) is 3.33. The number of hydrogen-bond donors (Lipinski definition) is 0. The summed E-state index contributed by atoms with van der Waals surface area (Å²) in [6.45, 7) is 14.4. The summed E-state index contributed by atoms with van der Waals surface area (Å²) in [6.07, 6.45) is 5.82. The van der Waals surface area contributed by atoms with Crippen molar-refractivity contribution in [3.05, 3.63) is 0 Å². The first-order valence-corrected chi connectivity index (χ1v) is 6.21. The quantitative estimate of drug-likeness (QED) is 0.601. The summed E-state index contributed by atoms with van der Waals surface area (Å²) < 4.78 is 0. The fraction of sp³-hybridized carbons (Fsp3) is 1.00. The molecule has 1 unspecified atom stereocenters. The van der Waals surface area contributed by atoms with E-state index in [-0.39, 0.29) is 0 Å². The number of hydrogen-bond acceptors (Lipinski definition) is 0. The van der Waals surface area contributed by atoms with E-state index in [4.69, 9.17) is 0 Å². The van der Waals surface area contributed by atoms with Gasteiger partial charge >= 0.3 is 0 Å². The molecule has 0 heteroatoms. The minimum absolute atomic E-state index is 0.473. The molecule has 0 saturated heterocycles. The number of rotatable bonds is 4. The zero-order valence-corrected chi connectivity index (χ0v) is 11.0. The molecule has 0 nitrogen and oxygen atoms in total. The fourth-order valence-corrected chi connectivity index (χ4v) is 2.32. The third-order valence-corrected chi connectivity index (χ3v) is 3.88. The van der Waals surface area contributed by atoms with E-state index in [0.29, 0.717) is 10.8 Å². The van der Waals surface area contributed by atoms with Crippen molar-refractivity contribution >= 4 is 0 Å². The molecule has 0 radical (unpaired) electrons. The van der Waals surface area contributed by atoms with Gasteiger partial charge < -0.3 is 0 Å². The van der Waals surface area contributed by atoms with Gasteiger partial charge in [-0.05, 0) is 35.5 Å².